The molecule has 7 aromatic carbocycles. The van der Waals surface area contributed by atoms with Crippen LogP contribution in [-0.4, -0.2) is 15.0 Å². The summed E-state index contributed by atoms with van der Waals surface area (Å²) >= 11 is 0. The van der Waals surface area contributed by atoms with Crippen LogP contribution in [0, 0.1) is 0 Å². The quantitative estimate of drug-likeness (QED) is 0.197. The predicted molar refractivity (Wildman–Crippen MR) is 194 cm³/mol. The number of para-hydroxylation sites is 1. The van der Waals surface area contributed by atoms with E-state index in [2.05, 4.69) is 72.8 Å². The number of nitrogens with zero attached hydrogens (tertiary/aromatic N) is 3. The van der Waals surface area contributed by atoms with E-state index in [9.17, 15) is 0 Å². The Labute approximate surface area is 274 Å². The fourth-order valence-corrected chi connectivity index (χ4v) is 6.85. The van der Waals surface area contributed by atoms with E-state index in [1.165, 1.54) is 0 Å². The van der Waals surface area contributed by atoms with Crippen molar-refractivity contribution in [2.24, 2.45) is 0 Å². The summed E-state index contributed by atoms with van der Waals surface area (Å²) in [5.41, 5.74) is 8.11. The third kappa shape index (κ3) is 4.22. The highest BCUT2D eigenvalue weighted by Crippen LogP contribution is 2.43. The molecule has 10 rings (SSSR count). The number of rotatable bonds is 4. The lowest BCUT2D eigenvalue weighted by Gasteiger charge is -2.11. The monoisotopic (exact) mass is 615 g/mol. The maximum atomic E-state index is 6.67. The molecule has 0 bridgehead atoms. The van der Waals surface area contributed by atoms with Crippen molar-refractivity contribution in [3.8, 4) is 45.3 Å². The van der Waals surface area contributed by atoms with E-state index >= 15 is 0 Å². The van der Waals surface area contributed by atoms with Crippen molar-refractivity contribution >= 4 is 54.6 Å². The molecule has 0 aliphatic heterocycles. The second kappa shape index (κ2) is 10.5. The van der Waals surface area contributed by atoms with Gasteiger partial charge in [0.1, 0.15) is 22.3 Å². The number of furan rings is 2. The van der Waals surface area contributed by atoms with Crippen LogP contribution in [0.1, 0.15) is 0 Å². The summed E-state index contributed by atoms with van der Waals surface area (Å²) in [6.45, 7) is 0. The Morgan fingerprint density at radius 3 is 1.67 bits per heavy atom. The highest BCUT2D eigenvalue weighted by molar-refractivity contribution is 6.23. The molecule has 0 N–H and O–H groups in total. The molecule has 224 valence electrons. The minimum atomic E-state index is 0.575. The fraction of sp³-hybridized carbons (Fsp3) is 0. The van der Waals surface area contributed by atoms with E-state index in [0.717, 1.165) is 82.5 Å². The van der Waals surface area contributed by atoms with Crippen LogP contribution in [-0.2, 0) is 0 Å². The number of fused-ring (bicyclic) bond motifs is 8. The first kappa shape index (κ1) is 26.6. The average Bonchev–Trinajstić information content (AvgIpc) is 3.73. The zero-order valence-corrected chi connectivity index (χ0v) is 25.6. The standard InChI is InChI=1S/C43H25N3O2/c1-3-12-27(13-4-1)41-44-42(28-14-5-2-6-15-28)46-43(45-41)30-24-33(29-20-21-36-34(23-29)32-17-9-10-18-35(32)47-36)40-38(25-30)48-37-22-19-26-11-7-8-16-31(26)39(37)40/h1-25H. The molecule has 0 saturated heterocycles. The van der Waals surface area contributed by atoms with Crippen molar-refractivity contribution in [1.82, 2.24) is 15.0 Å². The minimum absolute atomic E-state index is 0.575. The van der Waals surface area contributed by atoms with Gasteiger partial charge in [0.15, 0.2) is 17.5 Å². The molecule has 0 fully saturated rings. The number of benzene rings is 7. The van der Waals surface area contributed by atoms with Gasteiger partial charge in [0, 0.05) is 38.2 Å². The van der Waals surface area contributed by atoms with Crippen molar-refractivity contribution in [2.45, 2.75) is 0 Å². The summed E-state index contributed by atoms with van der Waals surface area (Å²) in [5, 5.41) is 6.61. The Kier molecular flexibility index (Phi) is 5.81. The summed E-state index contributed by atoms with van der Waals surface area (Å²) in [6, 6.07) is 51.6. The second-order valence-electron chi connectivity index (χ2n) is 12.0. The molecule has 0 aliphatic carbocycles. The van der Waals surface area contributed by atoms with Crippen LogP contribution in [0.4, 0.5) is 0 Å². The lowest BCUT2D eigenvalue weighted by atomic mass is 9.94. The molecule has 48 heavy (non-hydrogen) atoms. The fourth-order valence-electron chi connectivity index (χ4n) is 6.85. The zero-order valence-electron chi connectivity index (χ0n) is 25.6. The van der Waals surface area contributed by atoms with Gasteiger partial charge in [-0.25, -0.2) is 15.0 Å². The Morgan fingerprint density at radius 1 is 0.333 bits per heavy atom. The van der Waals surface area contributed by atoms with Gasteiger partial charge in [0.2, 0.25) is 0 Å². The smallest absolute Gasteiger partial charge is 0.164 e. The van der Waals surface area contributed by atoms with Crippen molar-refractivity contribution in [1.29, 1.82) is 0 Å². The van der Waals surface area contributed by atoms with Gasteiger partial charge >= 0.3 is 0 Å². The van der Waals surface area contributed by atoms with Gasteiger partial charge < -0.3 is 8.83 Å². The lowest BCUT2D eigenvalue weighted by molar-refractivity contribution is 0.669. The van der Waals surface area contributed by atoms with E-state index in [-0.39, 0.29) is 0 Å². The minimum Gasteiger partial charge on any atom is -0.456 e. The molecule has 10 aromatic rings. The summed E-state index contributed by atoms with van der Waals surface area (Å²) in [7, 11) is 0. The van der Waals surface area contributed by atoms with Crippen LogP contribution in [0.15, 0.2) is 160 Å². The molecule has 5 heteroatoms. The number of hydrogen-bond donors (Lipinski definition) is 0. The van der Waals surface area contributed by atoms with Crippen LogP contribution in [0.5, 0.6) is 0 Å². The van der Waals surface area contributed by atoms with E-state index in [1.54, 1.807) is 0 Å². The van der Waals surface area contributed by atoms with Crippen molar-refractivity contribution in [3.05, 3.63) is 152 Å². The Morgan fingerprint density at radius 2 is 0.917 bits per heavy atom. The summed E-state index contributed by atoms with van der Waals surface area (Å²) in [4.78, 5) is 15.0. The third-order valence-electron chi connectivity index (χ3n) is 9.11. The second-order valence-corrected chi connectivity index (χ2v) is 12.0. The SMILES string of the molecule is c1ccc(-c2nc(-c3ccccc3)nc(-c3cc(-c4ccc5oc6ccccc6c5c4)c4c(c3)oc3ccc5ccccc5c34)n2)cc1. The van der Waals surface area contributed by atoms with Gasteiger partial charge in [-0.05, 0) is 58.3 Å². The highest BCUT2D eigenvalue weighted by Gasteiger charge is 2.20. The van der Waals surface area contributed by atoms with E-state index < -0.39 is 0 Å². The first-order chi connectivity index (χ1) is 23.8. The Bertz CT molecular complexity index is 2780. The molecule has 3 heterocycles. The topological polar surface area (TPSA) is 65.0 Å². The lowest BCUT2D eigenvalue weighted by Crippen LogP contribution is -2.00. The molecule has 0 spiro atoms. The Hall–Kier alpha value is -6.59. The normalized spacial score (nSPS) is 11.8. The molecule has 0 atom stereocenters. The molecular weight excluding hydrogens is 590 g/mol. The van der Waals surface area contributed by atoms with Gasteiger partial charge in [-0.1, -0.05) is 115 Å². The van der Waals surface area contributed by atoms with Gasteiger partial charge in [-0.2, -0.15) is 0 Å². The molecule has 0 radical (unpaired) electrons. The largest absolute Gasteiger partial charge is 0.456 e. The van der Waals surface area contributed by atoms with Crippen molar-refractivity contribution in [3.63, 3.8) is 0 Å². The van der Waals surface area contributed by atoms with Crippen LogP contribution in [0.25, 0.3) is 99.9 Å². The number of hydrogen-bond acceptors (Lipinski definition) is 5. The first-order valence-corrected chi connectivity index (χ1v) is 15.9. The molecule has 0 saturated carbocycles. The van der Waals surface area contributed by atoms with Crippen LogP contribution < -0.4 is 0 Å². The first-order valence-electron chi connectivity index (χ1n) is 15.9. The number of aromatic nitrogens is 3. The van der Waals surface area contributed by atoms with E-state index in [4.69, 9.17) is 23.8 Å². The molecule has 0 unspecified atom stereocenters. The maximum absolute atomic E-state index is 6.67. The molecule has 0 amide bonds. The van der Waals surface area contributed by atoms with Crippen LogP contribution in [0.2, 0.25) is 0 Å². The predicted octanol–water partition coefficient (Wildman–Crippen LogP) is 11.5. The highest BCUT2D eigenvalue weighted by atomic mass is 16.3. The van der Waals surface area contributed by atoms with Gasteiger partial charge in [-0.15, -0.1) is 0 Å². The van der Waals surface area contributed by atoms with Crippen molar-refractivity contribution in [2.75, 3.05) is 0 Å². The molecular formula is C43H25N3O2. The third-order valence-corrected chi connectivity index (χ3v) is 9.11. The summed E-state index contributed by atoms with van der Waals surface area (Å²) < 4.78 is 12.9. The van der Waals surface area contributed by atoms with Gasteiger partial charge in [-0.3, -0.25) is 0 Å². The Balaban J connectivity index is 1.29. The van der Waals surface area contributed by atoms with Gasteiger partial charge in [0.25, 0.3) is 0 Å². The molecule has 0 aliphatic rings. The summed E-state index contributed by atoms with van der Waals surface area (Å²) in [6.07, 6.45) is 0. The molecule has 3 aromatic heterocycles. The van der Waals surface area contributed by atoms with E-state index in [0.29, 0.717) is 17.5 Å². The average molecular weight is 616 g/mol. The van der Waals surface area contributed by atoms with Crippen LogP contribution in [0.3, 0.4) is 0 Å². The van der Waals surface area contributed by atoms with Crippen LogP contribution >= 0.6 is 0 Å². The van der Waals surface area contributed by atoms with Gasteiger partial charge in [0.05, 0.1) is 0 Å². The maximum Gasteiger partial charge on any atom is 0.164 e. The summed E-state index contributed by atoms with van der Waals surface area (Å²) in [5.74, 6) is 1.80. The van der Waals surface area contributed by atoms with E-state index in [1.807, 2.05) is 78.9 Å². The molecule has 5 nitrogen and oxygen atoms in total. The van der Waals surface area contributed by atoms with Crippen molar-refractivity contribution < 1.29 is 8.83 Å². The zero-order chi connectivity index (χ0) is 31.6.